The van der Waals surface area contributed by atoms with Crippen LogP contribution in [0.2, 0.25) is 0 Å². The molecule has 0 bridgehead atoms. The molecule has 1 aliphatic carbocycles. The zero-order chi connectivity index (χ0) is 22.6. The summed E-state index contributed by atoms with van der Waals surface area (Å²) in [6.07, 6.45) is 8.18. The largest absolute Gasteiger partial charge is 0.384 e. The van der Waals surface area contributed by atoms with E-state index in [0.29, 0.717) is 28.3 Å². The Morgan fingerprint density at radius 3 is 2.62 bits per heavy atom. The molecule has 8 heteroatoms. The molecule has 170 valence electrons. The highest BCUT2D eigenvalue weighted by Gasteiger charge is 2.20. The molecular formula is C24H30N4O2S2. The monoisotopic (exact) mass is 470 g/mol. The molecule has 1 saturated carbocycles. The number of nitrogens with two attached hydrogens (primary N) is 1. The third kappa shape index (κ3) is 5.68. The number of hydrogen-bond acceptors (Lipinski definition) is 6. The molecule has 6 nitrogen and oxygen atoms in total. The molecule has 32 heavy (non-hydrogen) atoms. The van der Waals surface area contributed by atoms with Crippen molar-refractivity contribution in [2.24, 2.45) is 5.92 Å². The highest BCUT2D eigenvalue weighted by Crippen LogP contribution is 2.30. The van der Waals surface area contributed by atoms with Crippen molar-refractivity contribution < 1.29 is 8.42 Å². The van der Waals surface area contributed by atoms with Crippen molar-refractivity contribution in [3.8, 4) is 11.1 Å². The molecule has 2 heterocycles. The maximum atomic E-state index is 12.9. The van der Waals surface area contributed by atoms with E-state index in [2.05, 4.69) is 21.9 Å². The Labute approximate surface area is 194 Å². The van der Waals surface area contributed by atoms with Gasteiger partial charge in [0.1, 0.15) is 10.0 Å². The van der Waals surface area contributed by atoms with E-state index in [1.165, 1.54) is 37.0 Å². The number of thiophene rings is 1. The average Bonchev–Trinajstić information content (AvgIpc) is 3.48. The van der Waals surface area contributed by atoms with E-state index >= 15 is 0 Å². The number of nitrogens with one attached hydrogen (secondary N) is 2. The first-order valence-corrected chi connectivity index (χ1v) is 13.4. The maximum Gasteiger partial charge on any atom is 0.271 e. The Hall–Kier alpha value is -2.42. The zero-order valence-electron chi connectivity index (χ0n) is 18.3. The number of nitrogens with zero attached hydrogens (tertiary/aromatic N) is 1. The molecule has 1 aliphatic rings. The summed E-state index contributed by atoms with van der Waals surface area (Å²) in [6, 6.07) is 13.2. The van der Waals surface area contributed by atoms with Gasteiger partial charge in [0.25, 0.3) is 10.0 Å². The second-order valence-corrected chi connectivity index (χ2v) is 11.4. The molecule has 0 aliphatic heterocycles. The summed E-state index contributed by atoms with van der Waals surface area (Å²) in [4.78, 5) is 4.16. The van der Waals surface area contributed by atoms with Gasteiger partial charge in [0, 0.05) is 24.3 Å². The normalized spacial score (nSPS) is 15.7. The van der Waals surface area contributed by atoms with Gasteiger partial charge in [-0.1, -0.05) is 43.9 Å². The quantitative estimate of drug-likeness (QED) is 0.397. The molecule has 4 rings (SSSR count). The summed E-state index contributed by atoms with van der Waals surface area (Å²) in [6.45, 7) is 2.80. The topological polar surface area (TPSA) is 97.1 Å². The summed E-state index contributed by atoms with van der Waals surface area (Å²) >= 11 is 1.20. The van der Waals surface area contributed by atoms with Crippen LogP contribution >= 0.6 is 11.3 Å². The fourth-order valence-corrected chi connectivity index (χ4v) is 6.39. The fraction of sp³-hybridized carbons (Fsp3) is 0.375. The molecule has 0 amide bonds. The number of sulfonamides is 1. The Balaban J connectivity index is 1.57. The molecule has 1 aromatic carbocycles. The van der Waals surface area contributed by atoms with Crippen molar-refractivity contribution in [2.45, 2.75) is 55.8 Å². The van der Waals surface area contributed by atoms with Crippen molar-refractivity contribution in [1.29, 1.82) is 0 Å². The minimum atomic E-state index is -3.65. The SMILES string of the molecule is C[C@@H](CC1CCCC1)NCc1ccc(-c2ccc(N)nc2)cc1NS(=O)(=O)c1cccs1. The molecule has 0 radical (unpaired) electrons. The Bertz CT molecular complexity index is 1120. The van der Waals surface area contributed by atoms with Gasteiger partial charge in [0.15, 0.2) is 0 Å². The predicted molar refractivity (Wildman–Crippen MR) is 132 cm³/mol. The second kappa shape index (κ2) is 10.0. The van der Waals surface area contributed by atoms with E-state index in [1.54, 1.807) is 29.8 Å². The van der Waals surface area contributed by atoms with Crippen LogP contribution in [0.5, 0.6) is 0 Å². The van der Waals surface area contributed by atoms with Crippen molar-refractivity contribution >= 4 is 32.9 Å². The van der Waals surface area contributed by atoms with Gasteiger partial charge in [-0.05, 0) is 60.0 Å². The van der Waals surface area contributed by atoms with E-state index in [0.717, 1.165) is 29.0 Å². The van der Waals surface area contributed by atoms with E-state index in [4.69, 9.17) is 5.73 Å². The molecular weight excluding hydrogens is 440 g/mol. The molecule has 1 atom stereocenters. The lowest BCUT2D eigenvalue weighted by atomic mass is 9.99. The van der Waals surface area contributed by atoms with Crippen molar-refractivity contribution in [1.82, 2.24) is 10.3 Å². The van der Waals surface area contributed by atoms with E-state index in [1.807, 2.05) is 24.3 Å². The Kier molecular flexibility index (Phi) is 7.13. The summed E-state index contributed by atoms with van der Waals surface area (Å²) in [5.41, 5.74) is 8.96. The fourth-order valence-electron chi connectivity index (χ4n) is 4.31. The predicted octanol–water partition coefficient (Wildman–Crippen LogP) is 5.25. The second-order valence-electron chi connectivity index (χ2n) is 8.55. The molecule has 0 unspecified atom stereocenters. The minimum absolute atomic E-state index is 0.297. The van der Waals surface area contributed by atoms with Gasteiger partial charge in [0.2, 0.25) is 0 Å². The summed E-state index contributed by atoms with van der Waals surface area (Å²) < 4.78 is 29.0. The number of anilines is 2. The Morgan fingerprint density at radius 1 is 1.16 bits per heavy atom. The van der Waals surface area contributed by atoms with E-state index in [-0.39, 0.29) is 0 Å². The molecule has 2 aromatic heterocycles. The first-order valence-electron chi connectivity index (χ1n) is 11.1. The van der Waals surface area contributed by atoms with Crippen LogP contribution in [0, 0.1) is 5.92 Å². The highest BCUT2D eigenvalue weighted by atomic mass is 32.2. The van der Waals surface area contributed by atoms with Crippen LogP contribution in [0.1, 0.15) is 44.6 Å². The number of pyridine rings is 1. The number of nitrogen functional groups attached to an aromatic ring is 1. The van der Waals surface area contributed by atoms with Crippen molar-refractivity contribution in [2.75, 3.05) is 10.5 Å². The number of benzene rings is 1. The molecule has 4 N–H and O–H groups in total. The van der Waals surface area contributed by atoms with Gasteiger partial charge >= 0.3 is 0 Å². The third-order valence-electron chi connectivity index (χ3n) is 6.04. The highest BCUT2D eigenvalue weighted by molar-refractivity contribution is 7.94. The Morgan fingerprint density at radius 2 is 1.94 bits per heavy atom. The molecule has 3 aromatic rings. The van der Waals surface area contributed by atoms with Gasteiger partial charge in [0.05, 0.1) is 5.69 Å². The van der Waals surface area contributed by atoms with Crippen molar-refractivity contribution in [3.63, 3.8) is 0 Å². The minimum Gasteiger partial charge on any atom is -0.384 e. The van der Waals surface area contributed by atoms with Crippen LogP contribution in [-0.2, 0) is 16.6 Å². The van der Waals surface area contributed by atoms with Crippen molar-refractivity contribution in [3.05, 3.63) is 59.6 Å². The molecule has 0 spiro atoms. The van der Waals surface area contributed by atoms with Crippen LogP contribution in [-0.4, -0.2) is 19.4 Å². The van der Waals surface area contributed by atoms with Crippen LogP contribution in [0.15, 0.2) is 58.3 Å². The van der Waals surface area contributed by atoms with Crippen LogP contribution in [0.25, 0.3) is 11.1 Å². The lowest BCUT2D eigenvalue weighted by Crippen LogP contribution is -2.28. The van der Waals surface area contributed by atoms with Crippen LogP contribution in [0.3, 0.4) is 0 Å². The van der Waals surface area contributed by atoms with Gasteiger partial charge in [-0.15, -0.1) is 11.3 Å². The average molecular weight is 471 g/mol. The lowest BCUT2D eigenvalue weighted by molar-refractivity contribution is 0.404. The summed E-state index contributed by atoms with van der Waals surface area (Å²) in [5.74, 6) is 1.25. The van der Waals surface area contributed by atoms with Gasteiger partial charge in [-0.2, -0.15) is 0 Å². The summed E-state index contributed by atoms with van der Waals surface area (Å²) in [5, 5.41) is 5.35. The smallest absolute Gasteiger partial charge is 0.271 e. The zero-order valence-corrected chi connectivity index (χ0v) is 19.9. The first kappa shape index (κ1) is 22.8. The van der Waals surface area contributed by atoms with Gasteiger partial charge < -0.3 is 11.1 Å². The standard InChI is InChI=1S/C24H30N4O2S2/c1-17(13-18-5-2-3-6-18)26-16-21-9-8-19(20-10-11-23(25)27-15-20)14-22(21)28-32(29,30)24-7-4-12-31-24/h4,7-12,14-15,17-18,26,28H,2-3,5-6,13,16H2,1H3,(H2,25,27)/t17-/m0/s1. The molecule has 0 saturated heterocycles. The third-order valence-corrected chi connectivity index (χ3v) is 8.80. The number of rotatable bonds is 9. The lowest BCUT2D eigenvalue weighted by Gasteiger charge is -2.20. The number of aromatic nitrogens is 1. The number of hydrogen-bond donors (Lipinski definition) is 3. The molecule has 1 fully saturated rings. The van der Waals surface area contributed by atoms with Crippen LogP contribution < -0.4 is 15.8 Å². The van der Waals surface area contributed by atoms with E-state index < -0.39 is 10.0 Å². The van der Waals surface area contributed by atoms with Gasteiger partial charge in [-0.25, -0.2) is 13.4 Å². The summed E-state index contributed by atoms with van der Waals surface area (Å²) in [7, 11) is -3.65. The maximum absolute atomic E-state index is 12.9. The van der Waals surface area contributed by atoms with E-state index in [9.17, 15) is 8.42 Å². The van der Waals surface area contributed by atoms with Crippen LogP contribution in [0.4, 0.5) is 11.5 Å². The first-order chi connectivity index (χ1) is 15.4. The van der Waals surface area contributed by atoms with Gasteiger partial charge in [-0.3, -0.25) is 4.72 Å².